The van der Waals surface area contributed by atoms with Crippen molar-refractivity contribution in [2.75, 3.05) is 17.7 Å². The summed E-state index contributed by atoms with van der Waals surface area (Å²) >= 11 is 1.59. The highest BCUT2D eigenvalue weighted by atomic mass is 32.2. The smallest absolute Gasteiger partial charge is 0.227 e. The number of hydrogen-bond acceptors (Lipinski definition) is 7. The summed E-state index contributed by atoms with van der Waals surface area (Å²) < 4.78 is 13.9. The fraction of sp³-hybridized carbons (Fsp3) is 0.346. The first-order chi connectivity index (χ1) is 16.7. The van der Waals surface area contributed by atoms with Crippen LogP contribution < -0.4 is 14.8 Å². The number of ether oxygens (including phenoxy) is 2. The van der Waals surface area contributed by atoms with Crippen LogP contribution in [-0.2, 0) is 11.4 Å². The number of carbonyl (C=O) groups excluding carboxylic acids is 1. The lowest BCUT2D eigenvalue weighted by molar-refractivity contribution is -0.116. The highest BCUT2D eigenvalue weighted by Gasteiger charge is 2.37. The fourth-order valence-electron chi connectivity index (χ4n) is 4.45. The Labute approximate surface area is 203 Å². The summed E-state index contributed by atoms with van der Waals surface area (Å²) in [5, 5.41) is 8.83. The van der Waals surface area contributed by atoms with Crippen molar-refractivity contribution >= 4 is 23.5 Å². The van der Waals surface area contributed by atoms with E-state index < -0.39 is 0 Å². The molecule has 7 nitrogen and oxygen atoms in total. The number of thioether (sulfide) groups is 1. The number of Topliss-reactive ketones (excluding diaryl/α,β-unsaturated/α-hetero) is 1. The van der Waals surface area contributed by atoms with E-state index in [2.05, 4.69) is 17.2 Å². The zero-order valence-electron chi connectivity index (χ0n) is 19.4. The third kappa shape index (κ3) is 4.42. The van der Waals surface area contributed by atoms with E-state index in [1.54, 1.807) is 11.8 Å². The van der Waals surface area contributed by atoms with Gasteiger partial charge in [0.1, 0.15) is 12.6 Å². The van der Waals surface area contributed by atoms with Gasteiger partial charge in [0.05, 0.1) is 6.61 Å². The molecule has 8 heteroatoms. The molecular weight excluding hydrogens is 448 g/mol. The number of nitrogens with one attached hydrogen (secondary N) is 1. The number of benzene rings is 2. The highest BCUT2D eigenvalue weighted by Crippen LogP contribution is 2.42. The Morgan fingerprint density at radius 1 is 1.09 bits per heavy atom. The second kappa shape index (κ2) is 9.93. The number of fused-ring (bicyclic) bond motifs is 1. The van der Waals surface area contributed by atoms with Crippen LogP contribution in [0.2, 0.25) is 0 Å². The number of hydrogen-bond donors (Lipinski definition) is 1. The van der Waals surface area contributed by atoms with Crippen molar-refractivity contribution in [2.24, 2.45) is 0 Å². The van der Waals surface area contributed by atoms with E-state index >= 15 is 0 Å². The Kier molecular flexibility index (Phi) is 6.58. The maximum absolute atomic E-state index is 13.1. The number of allylic oxidation sites excluding steroid dienone is 2. The third-order valence-electron chi connectivity index (χ3n) is 5.94. The van der Waals surface area contributed by atoms with Gasteiger partial charge in [-0.05, 0) is 48.8 Å². The summed E-state index contributed by atoms with van der Waals surface area (Å²) in [4.78, 5) is 17.7. The molecule has 2 heterocycles. The Hall–Kier alpha value is -3.26. The largest absolute Gasteiger partial charge is 0.490 e. The van der Waals surface area contributed by atoms with E-state index in [0.717, 1.165) is 41.0 Å². The molecule has 0 spiro atoms. The van der Waals surface area contributed by atoms with Crippen molar-refractivity contribution in [2.45, 2.75) is 50.9 Å². The second-order valence-electron chi connectivity index (χ2n) is 8.21. The first-order valence-electron chi connectivity index (χ1n) is 11.7. The Morgan fingerprint density at radius 3 is 2.74 bits per heavy atom. The first kappa shape index (κ1) is 22.5. The summed E-state index contributed by atoms with van der Waals surface area (Å²) in [7, 11) is 0. The maximum atomic E-state index is 13.1. The van der Waals surface area contributed by atoms with Crippen LogP contribution >= 0.6 is 11.8 Å². The molecule has 0 saturated heterocycles. The Balaban J connectivity index is 1.53. The molecule has 1 N–H and O–H groups in total. The lowest BCUT2D eigenvalue weighted by Crippen LogP contribution is -2.31. The van der Waals surface area contributed by atoms with E-state index in [1.807, 2.05) is 60.1 Å². The van der Waals surface area contributed by atoms with Gasteiger partial charge in [-0.3, -0.25) is 4.79 Å². The molecule has 0 saturated carbocycles. The van der Waals surface area contributed by atoms with Crippen LogP contribution in [0.4, 0.5) is 5.95 Å². The number of ketones is 1. The van der Waals surface area contributed by atoms with Crippen molar-refractivity contribution in [3.05, 3.63) is 70.9 Å². The predicted molar refractivity (Wildman–Crippen MR) is 132 cm³/mol. The molecule has 0 fully saturated rings. The van der Waals surface area contributed by atoms with Crippen LogP contribution in [0, 0.1) is 0 Å². The highest BCUT2D eigenvalue weighted by molar-refractivity contribution is 7.99. The minimum absolute atomic E-state index is 0.159. The van der Waals surface area contributed by atoms with Crippen LogP contribution in [0.3, 0.4) is 0 Å². The predicted octanol–water partition coefficient (Wildman–Crippen LogP) is 5.39. The minimum Gasteiger partial charge on any atom is -0.490 e. The Morgan fingerprint density at radius 2 is 1.94 bits per heavy atom. The number of carbonyl (C=O) groups is 1. The molecule has 176 valence electrons. The van der Waals surface area contributed by atoms with E-state index in [-0.39, 0.29) is 11.8 Å². The van der Waals surface area contributed by atoms with E-state index in [9.17, 15) is 4.79 Å². The molecule has 1 unspecified atom stereocenters. The lowest BCUT2D eigenvalue weighted by Gasteiger charge is -2.32. The third-order valence-corrected chi connectivity index (χ3v) is 6.66. The number of anilines is 1. The molecular formula is C26H28N4O3S. The zero-order chi connectivity index (χ0) is 23.5. The number of rotatable bonds is 8. The second-order valence-corrected chi connectivity index (χ2v) is 9.44. The van der Waals surface area contributed by atoms with Gasteiger partial charge in [-0.1, -0.05) is 55.1 Å². The summed E-state index contributed by atoms with van der Waals surface area (Å²) in [6, 6.07) is 15.6. The average molecular weight is 477 g/mol. The normalized spacial score (nSPS) is 17.1. The average Bonchev–Trinajstić information content (AvgIpc) is 3.25. The molecule has 1 aliphatic carbocycles. The van der Waals surface area contributed by atoms with Crippen LogP contribution in [0.15, 0.2) is 65.0 Å². The van der Waals surface area contributed by atoms with E-state index in [0.29, 0.717) is 42.2 Å². The quantitative estimate of drug-likeness (QED) is 0.437. The molecule has 0 amide bonds. The van der Waals surface area contributed by atoms with Crippen LogP contribution in [0.5, 0.6) is 11.5 Å². The van der Waals surface area contributed by atoms with Gasteiger partial charge in [0.2, 0.25) is 11.1 Å². The van der Waals surface area contributed by atoms with E-state index in [4.69, 9.17) is 14.6 Å². The van der Waals surface area contributed by atoms with Gasteiger partial charge in [-0.2, -0.15) is 4.98 Å². The molecule has 0 radical (unpaired) electrons. The molecule has 1 aliphatic heterocycles. The molecule has 2 aliphatic rings. The van der Waals surface area contributed by atoms with Gasteiger partial charge >= 0.3 is 0 Å². The Bertz CT molecular complexity index is 1220. The van der Waals surface area contributed by atoms with Crippen molar-refractivity contribution in [3.8, 4) is 11.5 Å². The monoisotopic (exact) mass is 476 g/mol. The van der Waals surface area contributed by atoms with Crippen LogP contribution in [0.1, 0.15) is 50.3 Å². The maximum Gasteiger partial charge on any atom is 0.227 e. The van der Waals surface area contributed by atoms with Gasteiger partial charge in [-0.15, -0.1) is 5.10 Å². The molecule has 0 bridgehead atoms. The number of nitrogens with zero attached hydrogens (tertiary/aromatic N) is 3. The van der Waals surface area contributed by atoms with Gasteiger partial charge in [0.15, 0.2) is 17.3 Å². The lowest BCUT2D eigenvalue weighted by atomic mass is 9.85. The molecule has 5 rings (SSSR count). The summed E-state index contributed by atoms with van der Waals surface area (Å²) in [6.45, 7) is 4.99. The standard InChI is InChI=1S/C26H28N4O3S/c1-3-32-22-15-18(13-14-21(22)33-16-17-9-6-5-7-10-17)24-23-19(11-8-12-20(23)31)27-25-28-26(34-4-2)29-30(24)25/h5-7,9-10,13-15,24H,3-4,8,11-12,16H2,1-2H3,(H,27,28,29). The van der Waals surface area contributed by atoms with Crippen molar-refractivity contribution < 1.29 is 14.3 Å². The van der Waals surface area contributed by atoms with Crippen molar-refractivity contribution in [1.82, 2.24) is 14.8 Å². The molecule has 1 atom stereocenters. The van der Waals surface area contributed by atoms with Gasteiger partial charge in [0, 0.05) is 17.7 Å². The first-order valence-corrected chi connectivity index (χ1v) is 12.7. The molecule has 34 heavy (non-hydrogen) atoms. The summed E-state index contributed by atoms with van der Waals surface area (Å²) in [5.74, 6) is 3.05. The van der Waals surface area contributed by atoms with Crippen molar-refractivity contribution in [3.63, 3.8) is 0 Å². The molecule has 2 aromatic carbocycles. The SMILES string of the molecule is CCOc1cc(C2C3=C(CCCC3=O)Nc3nc(SCC)nn32)ccc1OCc1ccccc1. The van der Waals surface area contributed by atoms with Gasteiger partial charge in [0.25, 0.3) is 0 Å². The van der Waals surface area contributed by atoms with Crippen LogP contribution in [-0.4, -0.2) is 32.9 Å². The topological polar surface area (TPSA) is 78.3 Å². The van der Waals surface area contributed by atoms with E-state index in [1.165, 1.54) is 0 Å². The molecule has 1 aromatic heterocycles. The fourth-order valence-corrected chi connectivity index (χ4v) is 5.01. The van der Waals surface area contributed by atoms with Gasteiger partial charge < -0.3 is 14.8 Å². The molecule has 3 aromatic rings. The van der Waals surface area contributed by atoms with Crippen molar-refractivity contribution in [1.29, 1.82) is 0 Å². The summed E-state index contributed by atoms with van der Waals surface area (Å²) in [6.07, 6.45) is 2.23. The summed E-state index contributed by atoms with van der Waals surface area (Å²) in [5.41, 5.74) is 3.75. The zero-order valence-corrected chi connectivity index (χ0v) is 20.2. The van der Waals surface area contributed by atoms with Gasteiger partial charge in [-0.25, -0.2) is 4.68 Å². The van der Waals surface area contributed by atoms with Crippen LogP contribution in [0.25, 0.3) is 0 Å². The number of aromatic nitrogens is 3. The minimum atomic E-state index is -0.347.